The van der Waals surface area contributed by atoms with Crippen molar-refractivity contribution >= 4 is 11.7 Å². The molecule has 7 heteroatoms. The van der Waals surface area contributed by atoms with E-state index in [-0.39, 0.29) is 11.7 Å². The van der Waals surface area contributed by atoms with Gasteiger partial charge in [0.15, 0.2) is 0 Å². The number of hydrogen-bond donors (Lipinski definition) is 3. The Labute approximate surface area is 93.0 Å². The number of nitrogens with two attached hydrogens (primary N) is 1. The summed E-state index contributed by atoms with van der Waals surface area (Å²) in [4.78, 5) is 15.4. The third-order valence-electron chi connectivity index (χ3n) is 2.07. The Morgan fingerprint density at radius 2 is 2.50 bits per heavy atom. The van der Waals surface area contributed by atoms with Crippen molar-refractivity contribution in [3.63, 3.8) is 0 Å². The quantitative estimate of drug-likeness (QED) is 0.210. The lowest BCUT2D eigenvalue weighted by molar-refractivity contribution is 0.0945. The van der Waals surface area contributed by atoms with E-state index in [1.165, 1.54) is 6.20 Å². The maximum Gasteiger partial charge on any atom is 0.269 e. The number of amidine groups is 1. The normalized spacial score (nSPS) is 11.4. The van der Waals surface area contributed by atoms with Gasteiger partial charge in [0.25, 0.3) is 5.91 Å². The maximum absolute atomic E-state index is 11.6. The summed E-state index contributed by atoms with van der Waals surface area (Å²) in [5, 5.41) is 13.8. The lowest BCUT2D eigenvalue weighted by Crippen LogP contribution is -2.27. The number of imidazole rings is 1. The number of hydrogen-bond acceptors (Lipinski definition) is 4. The van der Waals surface area contributed by atoms with Gasteiger partial charge in [0.1, 0.15) is 11.5 Å². The molecule has 0 radical (unpaired) electrons. The molecule has 0 unspecified atom stereocenters. The van der Waals surface area contributed by atoms with Crippen LogP contribution in [0.3, 0.4) is 0 Å². The summed E-state index contributed by atoms with van der Waals surface area (Å²) < 4.78 is 1.64. The number of nitrogens with one attached hydrogen (secondary N) is 1. The number of amides is 1. The van der Waals surface area contributed by atoms with Gasteiger partial charge in [0.2, 0.25) is 0 Å². The van der Waals surface area contributed by atoms with Crippen LogP contribution in [0.5, 0.6) is 0 Å². The fourth-order valence-corrected chi connectivity index (χ4v) is 1.19. The third kappa shape index (κ3) is 3.26. The minimum absolute atomic E-state index is 0.162. The van der Waals surface area contributed by atoms with Gasteiger partial charge in [-0.3, -0.25) is 4.79 Å². The van der Waals surface area contributed by atoms with Crippen molar-refractivity contribution in [2.24, 2.45) is 17.9 Å². The summed E-state index contributed by atoms with van der Waals surface area (Å²) in [6.45, 7) is 0.472. The average molecular weight is 225 g/mol. The van der Waals surface area contributed by atoms with Crippen LogP contribution in [0.25, 0.3) is 0 Å². The first-order valence-electron chi connectivity index (χ1n) is 4.86. The molecule has 0 aliphatic carbocycles. The highest BCUT2D eigenvalue weighted by molar-refractivity contribution is 5.92. The van der Waals surface area contributed by atoms with E-state index >= 15 is 0 Å². The predicted molar refractivity (Wildman–Crippen MR) is 58.2 cm³/mol. The molecule has 1 aromatic rings. The number of aromatic nitrogens is 2. The largest absolute Gasteiger partial charge is 0.409 e. The predicted octanol–water partition coefficient (Wildman–Crippen LogP) is -0.323. The summed E-state index contributed by atoms with van der Waals surface area (Å²) in [6, 6.07) is 0. The first kappa shape index (κ1) is 12.0. The van der Waals surface area contributed by atoms with E-state index in [9.17, 15) is 4.79 Å². The molecule has 0 aromatic carbocycles. The van der Waals surface area contributed by atoms with Gasteiger partial charge in [0.05, 0.1) is 12.5 Å². The van der Waals surface area contributed by atoms with Gasteiger partial charge in [-0.2, -0.15) is 0 Å². The third-order valence-corrected chi connectivity index (χ3v) is 2.07. The summed E-state index contributed by atoms with van der Waals surface area (Å²) in [7, 11) is 1.75. The average Bonchev–Trinajstić information content (AvgIpc) is 2.70. The van der Waals surface area contributed by atoms with Crippen LogP contribution in [0.4, 0.5) is 0 Å². The van der Waals surface area contributed by atoms with Crippen LogP contribution in [0.2, 0.25) is 0 Å². The van der Waals surface area contributed by atoms with Crippen LogP contribution in [0.1, 0.15) is 23.3 Å². The maximum atomic E-state index is 11.6. The van der Waals surface area contributed by atoms with E-state index in [1.54, 1.807) is 17.9 Å². The van der Waals surface area contributed by atoms with Crippen molar-refractivity contribution in [2.45, 2.75) is 12.8 Å². The van der Waals surface area contributed by atoms with Gasteiger partial charge < -0.3 is 20.8 Å². The van der Waals surface area contributed by atoms with Crippen molar-refractivity contribution in [3.05, 3.63) is 18.2 Å². The summed E-state index contributed by atoms with van der Waals surface area (Å²) in [5.74, 6) is -0.0192. The van der Waals surface area contributed by atoms with Crippen LogP contribution < -0.4 is 11.1 Å². The van der Waals surface area contributed by atoms with E-state index < -0.39 is 0 Å². The van der Waals surface area contributed by atoms with Crippen molar-refractivity contribution in [3.8, 4) is 0 Å². The Morgan fingerprint density at radius 3 is 3.06 bits per heavy atom. The van der Waals surface area contributed by atoms with Gasteiger partial charge in [-0.05, 0) is 6.42 Å². The Kier molecular flexibility index (Phi) is 4.31. The number of rotatable bonds is 5. The molecule has 1 aromatic heterocycles. The number of oxime groups is 1. The molecule has 7 nitrogen and oxygen atoms in total. The van der Waals surface area contributed by atoms with Crippen LogP contribution in [-0.4, -0.2) is 33.0 Å². The van der Waals surface area contributed by atoms with Crippen molar-refractivity contribution in [1.82, 2.24) is 14.9 Å². The number of nitrogens with zero attached hydrogens (tertiary/aromatic N) is 3. The Hall–Kier alpha value is -2.05. The minimum atomic E-state index is -0.181. The first-order chi connectivity index (χ1) is 7.65. The van der Waals surface area contributed by atoms with E-state index in [1.807, 2.05) is 0 Å². The van der Waals surface area contributed by atoms with E-state index in [0.717, 1.165) is 0 Å². The Balaban J connectivity index is 2.29. The van der Waals surface area contributed by atoms with E-state index in [2.05, 4.69) is 15.5 Å². The van der Waals surface area contributed by atoms with Gasteiger partial charge >= 0.3 is 0 Å². The summed E-state index contributed by atoms with van der Waals surface area (Å²) in [6.07, 6.45) is 4.13. The monoisotopic (exact) mass is 225 g/mol. The highest BCUT2D eigenvalue weighted by atomic mass is 16.4. The second-order valence-electron chi connectivity index (χ2n) is 3.34. The summed E-state index contributed by atoms with van der Waals surface area (Å²) in [5.41, 5.74) is 5.79. The lowest BCUT2D eigenvalue weighted by Gasteiger charge is -2.04. The second kappa shape index (κ2) is 5.74. The Morgan fingerprint density at radius 1 is 1.75 bits per heavy atom. The zero-order valence-electron chi connectivity index (χ0n) is 9.05. The molecule has 1 rings (SSSR count). The zero-order chi connectivity index (χ0) is 12.0. The smallest absolute Gasteiger partial charge is 0.269 e. The standard InChI is InChI=1S/C9H15N5O2/c1-14-6-11-5-7(14)9(15)12-4-2-3-8(10)13-16/h5-6,16H,2-4H2,1H3,(H2,10,13)(H,12,15). The molecule has 0 fully saturated rings. The van der Waals surface area contributed by atoms with Gasteiger partial charge in [-0.25, -0.2) is 4.98 Å². The second-order valence-corrected chi connectivity index (χ2v) is 3.34. The van der Waals surface area contributed by atoms with Crippen LogP contribution in [-0.2, 0) is 7.05 Å². The number of carbonyl (C=O) groups excluding carboxylic acids is 1. The van der Waals surface area contributed by atoms with Crippen LogP contribution >= 0.6 is 0 Å². The molecular formula is C9H15N5O2. The first-order valence-corrected chi connectivity index (χ1v) is 4.86. The highest BCUT2D eigenvalue weighted by Gasteiger charge is 2.08. The molecule has 4 N–H and O–H groups in total. The molecule has 88 valence electrons. The molecule has 0 aliphatic heterocycles. The minimum Gasteiger partial charge on any atom is -0.409 e. The van der Waals surface area contributed by atoms with Crippen LogP contribution in [0, 0.1) is 0 Å². The lowest BCUT2D eigenvalue weighted by atomic mass is 10.3. The Bertz CT molecular complexity index is 385. The van der Waals surface area contributed by atoms with Gasteiger partial charge in [-0.1, -0.05) is 5.16 Å². The molecule has 1 heterocycles. The summed E-state index contributed by atoms with van der Waals surface area (Å²) >= 11 is 0. The molecule has 0 bridgehead atoms. The topological polar surface area (TPSA) is 106 Å². The van der Waals surface area contributed by atoms with Crippen molar-refractivity contribution < 1.29 is 10.0 Å². The number of carbonyl (C=O) groups is 1. The van der Waals surface area contributed by atoms with Crippen molar-refractivity contribution in [2.75, 3.05) is 6.54 Å². The van der Waals surface area contributed by atoms with Crippen molar-refractivity contribution in [1.29, 1.82) is 0 Å². The molecule has 0 aliphatic rings. The number of aryl methyl sites for hydroxylation is 1. The fraction of sp³-hybridized carbons (Fsp3) is 0.444. The molecule has 1 amide bonds. The van der Waals surface area contributed by atoms with E-state index in [0.29, 0.717) is 25.1 Å². The highest BCUT2D eigenvalue weighted by Crippen LogP contribution is 1.96. The SMILES string of the molecule is Cn1cncc1C(=O)NCCC/C(N)=N/O. The van der Waals surface area contributed by atoms with Crippen LogP contribution in [0.15, 0.2) is 17.7 Å². The molecule has 16 heavy (non-hydrogen) atoms. The molecule has 0 atom stereocenters. The molecule has 0 saturated heterocycles. The molecule has 0 spiro atoms. The molecule has 0 saturated carbocycles. The molecular weight excluding hydrogens is 210 g/mol. The fourth-order valence-electron chi connectivity index (χ4n) is 1.19. The van der Waals surface area contributed by atoms with Gasteiger partial charge in [0, 0.05) is 20.0 Å². The van der Waals surface area contributed by atoms with Gasteiger partial charge in [-0.15, -0.1) is 0 Å². The zero-order valence-corrected chi connectivity index (χ0v) is 9.05. The van der Waals surface area contributed by atoms with E-state index in [4.69, 9.17) is 10.9 Å².